The first-order valence-electron chi connectivity index (χ1n) is 5.25. The van der Waals surface area contributed by atoms with Gasteiger partial charge < -0.3 is 15.2 Å². The second-order valence-corrected chi connectivity index (χ2v) is 4.77. The molecule has 0 bridgehead atoms. The SMILES string of the molecule is COCCC(C)Oc1c(C)cc(Br)cc1N. The van der Waals surface area contributed by atoms with E-state index >= 15 is 0 Å². The van der Waals surface area contributed by atoms with E-state index in [1.807, 2.05) is 26.0 Å². The summed E-state index contributed by atoms with van der Waals surface area (Å²) in [6, 6.07) is 3.85. The number of nitrogen functional groups attached to an aromatic ring is 1. The quantitative estimate of drug-likeness (QED) is 0.846. The van der Waals surface area contributed by atoms with Gasteiger partial charge in [0.1, 0.15) is 5.75 Å². The summed E-state index contributed by atoms with van der Waals surface area (Å²) in [6.07, 6.45) is 0.952. The van der Waals surface area contributed by atoms with Crippen molar-refractivity contribution >= 4 is 21.6 Å². The Morgan fingerprint density at radius 3 is 2.69 bits per heavy atom. The van der Waals surface area contributed by atoms with Crippen molar-refractivity contribution in [2.75, 3.05) is 19.5 Å². The first kappa shape index (κ1) is 13.3. The molecular formula is C12H18BrNO2. The van der Waals surface area contributed by atoms with Crippen molar-refractivity contribution in [1.82, 2.24) is 0 Å². The maximum Gasteiger partial charge on any atom is 0.145 e. The molecule has 4 heteroatoms. The predicted molar refractivity (Wildman–Crippen MR) is 69.9 cm³/mol. The monoisotopic (exact) mass is 287 g/mol. The normalized spacial score (nSPS) is 12.5. The number of benzene rings is 1. The topological polar surface area (TPSA) is 44.5 Å². The molecule has 0 aliphatic rings. The summed E-state index contributed by atoms with van der Waals surface area (Å²) >= 11 is 3.40. The zero-order valence-corrected chi connectivity index (χ0v) is 11.5. The predicted octanol–water partition coefficient (Wildman–Crippen LogP) is 3.14. The number of rotatable bonds is 5. The van der Waals surface area contributed by atoms with Crippen LogP contribution in [0, 0.1) is 6.92 Å². The molecule has 0 radical (unpaired) electrons. The Balaban J connectivity index is 2.73. The van der Waals surface area contributed by atoms with Gasteiger partial charge in [-0.1, -0.05) is 15.9 Å². The number of halogens is 1. The molecule has 1 aromatic carbocycles. The first-order chi connectivity index (χ1) is 7.54. The molecule has 90 valence electrons. The average Bonchev–Trinajstić information content (AvgIpc) is 2.20. The second kappa shape index (κ2) is 6.11. The molecule has 1 aromatic rings. The van der Waals surface area contributed by atoms with Gasteiger partial charge in [-0.25, -0.2) is 0 Å². The smallest absolute Gasteiger partial charge is 0.145 e. The second-order valence-electron chi connectivity index (χ2n) is 3.85. The summed E-state index contributed by atoms with van der Waals surface area (Å²) in [6.45, 7) is 4.69. The Morgan fingerprint density at radius 1 is 1.44 bits per heavy atom. The van der Waals surface area contributed by atoms with Crippen LogP contribution >= 0.6 is 15.9 Å². The molecule has 0 amide bonds. The summed E-state index contributed by atoms with van der Waals surface area (Å²) < 4.78 is 11.8. The average molecular weight is 288 g/mol. The lowest BCUT2D eigenvalue weighted by Gasteiger charge is -2.18. The van der Waals surface area contributed by atoms with Gasteiger partial charge in [0.2, 0.25) is 0 Å². The molecular weight excluding hydrogens is 270 g/mol. The Bertz CT molecular complexity index is 332. The van der Waals surface area contributed by atoms with Crippen LogP contribution in [-0.4, -0.2) is 19.8 Å². The first-order valence-corrected chi connectivity index (χ1v) is 6.05. The Kier molecular flexibility index (Phi) is 5.09. The maximum absolute atomic E-state index is 5.91. The lowest BCUT2D eigenvalue weighted by atomic mass is 10.2. The summed E-state index contributed by atoms with van der Waals surface area (Å²) in [4.78, 5) is 0. The van der Waals surface area contributed by atoms with Crippen molar-refractivity contribution in [1.29, 1.82) is 0 Å². The van der Waals surface area contributed by atoms with Gasteiger partial charge in [0.15, 0.2) is 0 Å². The van der Waals surface area contributed by atoms with E-state index in [0.717, 1.165) is 22.2 Å². The molecule has 1 unspecified atom stereocenters. The fraction of sp³-hybridized carbons (Fsp3) is 0.500. The third-order valence-corrected chi connectivity index (χ3v) is 2.77. The van der Waals surface area contributed by atoms with Crippen molar-refractivity contribution < 1.29 is 9.47 Å². The minimum Gasteiger partial charge on any atom is -0.488 e. The van der Waals surface area contributed by atoms with E-state index in [9.17, 15) is 0 Å². The van der Waals surface area contributed by atoms with E-state index < -0.39 is 0 Å². The number of hydrogen-bond donors (Lipinski definition) is 1. The van der Waals surface area contributed by atoms with Crippen molar-refractivity contribution in [2.24, 2.45) is 0 Å². The Labute approximate surface area is 105 Å². The number of methoxy groups -OCH3 is 1. The molecule has 0 heterocycles. The lowest BCUT2D eigenvalue weighted by molar-refractivity contribution is 0.135. The standard InChI is InChI=1S/C12H18BrNO2/c1-8-6-10(13)7-11(14)12(8)16-9(2)4-5-15-3/h6-7,9H,4-5,14H2,1-3H3. The van der Waals surface area contributed by atoms with Gasteiger partial charge in [-0.3, -0.25) is 0 Å². The zero-order valence-electron chi connectivity index (χ0n) is 9.92. The summed E-state index contributed by atoms with van der Waals surface area (Å²) in [5.41, 5.74) is 7.61. The number of hydrogen-bond acceptors (Lipinski definition) is 3. The molecule has 0 spiro atoms. The van der Waals surface area contributed by atoms with Gasteiger partial charge in [0, 0.05) is 24.6 Å². The minimum absolute atomic E-state index is 0.0992. The number of ether oxygens (including phenoxy) is 2. The molecule has 0 aliphatic heterocycles. The lowest BCUT2D eigenvalue weighted by Crippen LogP contribution is -2.15. The van der Waals surface area contributed by atoms with Gasteiger partial charge in [-0.2, -0.15) is 0 Å². The summed E-state index contributed by atoms with van der Waals surface area (Å²) in [7, 11) is 1.69. The minimum atomic E-state index is 0.0992. The van der Waals surface area contributed by atoms with Crippen molar-refractivity contribution in [2.45, 2.75) is 26.4 Å². The van der Waals surface area contributed by atoms with E-state index in [0.29, 0.717) is 12.3 Å². The molecule has 16 heavy (non-hydrogen) atoms. The van der Waals surface area contributed by atoms with E-state index in [1.165, 1.54) is 0 Å². The van der Waals surface area contributed by atoms with E-state index in [1.54, 1.807) is 7.11 Å². The molecule has 0 fully saturated rings. The van der Waals surface area contributed by atoms with Gasteiger partial charge in [0.05, 0.1) is 11.8 Å². The molecule has 0 aliphatic carbocycles. The van der Waals surface area contributed by atoms with Crippen LogP contribution in [0.2, 0.25) is 0 Å². The van der Waals surface area contributed by atoms with Gasteiger partial charge in [-0.15, -0.1) is 0 Å². The van der Waals surface area contributed by atoms with Gasteiger partial charge >= 0.3 is 0 Å². The van der Waals surface area contributed by atoms with Crippen LogP contribution in [0.25, 0.3) is 0 Å². The van der Waals surface area contributed by atoms with Crippen LogP contribution in [0.3, 0.4) is 0 Å². The summed E-state index contributed by atoms with van der Waals surface area (Å²) in [5.74, 6) is 0.770. The van der Waals surface area contributed by atoms with Crippen molar-refractivity contribution in [3.05, 3.63) is 22.2 Å². The largest absolute Gasteiger partial charge is 0.488 e. The third-order valence-electron chi connectivity index (χ3n) is 2.32. The van der Waals surface area contributed by atoms with Gasteiger partial charge in [-0.05, 0) is 31.5 Å². The Hall–Kier alpha value is -0.740. The fourth-order valence-corrected chi connectivity index (χ4v) is 2.05. The van der Waals surface area contributed by atoms with Crippen molar-refractivity contribution in [3.8, 4) is 5.75 Å². The highest BCUT2D eigenvalue weighted by molar-refractivity contribution is 9.10. The number of aryl methyl sites for hydroxylation is 1. The van der Waals surface area contributed by atoms with E-state index in [4.69, 9.17) is 15.2 Å². The van der Waals surface area contributed by atoms with Gasteiger partial charge in [0.25, 0.3) is 0 Å². The molecule has 1 rings (SSSR count). The molecule has 0 saturated carbocycles. The number of anilines is 1. The Morgan fingerprint density at radius 2 is 2.12 bits per heavy atom. The van der Waals surface area contributed by atoms with Crippen LogP contribution < -0.4 is 10.5 Å². The molecule has 1 atom stereocenters. The highest BCUT2D eigenvalue weighted by Crippen LogP contribution is 2.31. The zero-order chi connectivity index (χ0) is 12.1. The third kappa shape index (κ3) is 3.68. The fourth-order valence-electron chi connectivity index (χ4n) is 1.46. The highest BCUT2D eigenvalue weighted by atomic mass is 79.9. The van der Waals surface area contributed by atoms with Crippen LogP contribution in [0.15, 0.2) is 16.6 Å². The maximum atomic E-state index is 5.91. The van der Waals surface area contributed by atoms with Crippen LogP contribution in [0.5, 0.6) is 5.75 Å². The summed E-state index contributed by atoms with van der Waals surface area (Å²) in [5, 5.41) is 0. The van der Waals surface area contributed by atoms with E-state index in [2.05, 4.69) is 15.9 Å². The number of nitrogens with two attached hydrogens (primary N) is 1. The highest BCUT2D eigenvalue weighted by Gasteiger charge is 2.10. The van der Waals surface area contributed by atoms with Crippen LogP contribution in [0.4, 0.5) is 5.69 Å². The van der Waals surface area contributed by atoms with Crippen LogP contribution in [0.1, 0.15) is 18.9 Å². The van der Waals surface area contributed by atoms with E-state index in [-0.39, 0.29) is 6.10 Å². The van der Waals surface area contributed by atoms with Crippen molar-refractivity contribution in [3.63, 3.8) is 0 Å². The molecule has 3 nitrogen and oxygen atoms in total. The van der Waals surface area contributed by atoms with Crippen LogP contribution in [-0.2, 0) is 4.74 Å². The molecule has 2 N–H and O–H groups in total. The molecule has 0 aromatic heterocycles. The molecule has 0 saturated heterocycles.